The predicted octanol–water partition coefficient (Wildman–Crippen LogP) is 5.69. The predicted molar refractivity (Wildman–Crippen MR) is 126 cm³/mol. The van der Waals surface area contributed by atoms with E-state index in [9.17, 15) is 9.59 Å². The molecule has 7 heteroatoms. The molecule has 0 radical (unpaired) electrons. The molecule has 1 aliphatic heterocycles. The minimum Gasteiger partial charge on any atom is -0.330 e. The molecule has 2 heterocycles. The molecule has 2 amide bonds. The molecule has 0 saturated heterocycles. The molecule has 1 atom stereocenters. The number of amides is 2. The van der Waals surface area contributed by atoms with Gasteiger partial charge in [0.15, 0.2) is 0 Å². The molecule has 3 aromatic rings. The number of hydrogen-bond acceptors (Lipinski definition) is 3. The van der Waals surface area contributed by atoms with E-state index >= 15 is 0 Å². The van der Waals surface area contributed by atoms with Crippen LogP contribution >= 0.6 is 34.5 Å². The Morgan fingerprint density at radius 2 is 1.87 bits per heavy atom. The van der Waals surface area contributed by atoms with Crippen LogP contribution in [0.2, 0.25) is 10.0 Å². The van der Waals surface area contributed by atoms with Gasteiger partial charge in [-0.1, -0.05) is 47.5 Å². The Labute approximate surface area is 196 Å². The van der Waals surface area contributed by atoms with Crippen molar-refractivity contribution in [3.63, 3.8) is 0 Å². The molecule has 0 bridgehead atoms. The fraction of sp³-hybridized carbons (Fsp3) is 0.250. The van der Waals surface area contributed by atoms with Crippen LogP contribution in [0.4, 0.5) is 0 Å². The third-order valence-electron chi connectivity index (χ3n) is 5.56. The number of benzene rings is 2. The first-order chi connectivity index (χ1) is 15.0. The van der Waals surface area contributed by atoms with E-state index in [0.717, 1.165) is 17.5 Å². The molecule has 4 rings (SSSR count). The van der Waals surface area contributed by atoms with E-state index in [1.54, 1.807) is 40.5 Å². The molecule has 0 N–H and O–H groups in total. The Morgan fingerprint density at radius 3 is 2.58 bits per heavy atom. The Hall–Kier alpha value is -2.34. The van der Waals surface area contributed by atoms with Crippen LogP contribution in [0, 0.1) is 0 Å². The third kappa shape index (κ3) is 4.49. The van der Waals surface area contributed by atoms with Gasteiger partial charge in [-0.25, -0.2) is 0 Å². The molecule has 0 aliphatic carbocycles. The smallest absolute Gasteiger partial charge is 0.254 e. The molecule has 2 aromatic carbocycles. The molecule has 1 aliphatic rings. The summed E-state index contributed by atoms with van der Waals surface area (Å²) in [6, 6.07) is 16.2. The Morgan fingerprint density at radius 1 is 1.10 bits per heavy atom. The van der Waals surface area contributed by atoms with E-state index in [-0.39, 0.29) is 24.4 Å². The summed E-state index contributed by atoms with van der Waals surface area (Å²) in [5, 5.41) is 3.13. The van der Waals surface area contributed by atoms with E-state index in [4.69, 9.17) is 23.2 Å². The van der Waals surface area contributed by atoms with Gasteiger partial charge in [-0.15, -0.1) is 11.3 Å². The maximum atomic E-state index is 13.5. The van der Waals surface area contributed by atoms with E-state index in [1.807, 2.05) is 41.5 Å². The van der Waals surface area contributed by atoms with Gasteiger partial charge in [0.2, 0.25) is 5.91 Å². The van der Waals surface area contributed by atoms with Crippen LogP contribution in [0.1, 0.15) is 39.3 Å². The second kappa shape index (κ2) is 9.43. The number of carbonyl (C=O) groups excluding carboxylic acids is 2. The molecule has 31 heavy (non-hydrogen) atoms. The second-order valence-corrected chi connectivity index (χ2v) is 9.23. The highest BCUT2D eigenvalue weighted by Crippen LogP contribution is 2.41. The Kier molecular flexibility index (Phi) is 6.65. The van der Waals surface area contributed by atoms with Gasteiger partial charge < -0.3 is 9.80 Å². The van der Waals surface area contributed by atoms with Crippen molar-refractivity contribution >= 4 is 46.4 Å². The first-order valence-electron chi connectivity index (χ1n) is 10.1. The SMILES string of the molecule is CCN(CC(=O)N1CCc2sccc2C1c1ccc(Cl)cc1Cl)C(=O)c1ccccc1. The number of nitrogens with zero attached hydrogens (tertiary/aromatic N) is 2. The van der Waals surface area contributed by atoms with Crippen molar-refractivity contribution in [3.8, 4) is 0 Å². The summed E-state index contributed by atoms with van der Waals surface area (Å²) in [4.78, 5) is 31.1. The molecule has 1 unspecified atom stereocenters. The average molecular weight is 473 g/mol. The molecule has 1 aromatic heterocycles. The van der Waals surface area contributed by atoms with Crippen molar-refractivity contribution in [2.45, 2.75) is 19.4 Å². The fourth-order valence-electron chi connectivity index (χ4n) is 3.99. The number of likely N-dealkylation sites (N-methyl/N-ethyl adjacent to an activating group) is 1. The van der Waals surface area contributed by atoms with Crippen molar-refractivity contribution in [1.82, 2.24) is 9.80 Å². The molecule has 160 valence electrons. The van der Waals surface area contributed by atoms with Gasteiger partial charge in [0.1, 0.15) is 6.54 Å². The number of fused-ring (bicyclic) bond motifs is 1. The molecular formula is C24H22Cl2N2O2S. The standard InChI is InChI=1S/C24H22Cl2N2O2S/c1-2-27(24(30)16-6-4-3-5-7-16)15-22(29)28-12-10-21-19(11-13-31-21)23(28)18-9-8-17(25)14-20(18)26/h3-9,11,13-14,23H,2,10,12,15H2,1H3. The first kappa shape index (κ1) is 21.9. The fourth-order valence-corrected chi connectivity index (χ4v) is 5.40. The van der Waals surface area contributed by atoms with Crippen molar-refractivity contribution in [3.05, 3.63) is 91.6 Å². The molecule has 0 saturated carbocycles. The van der Waals surface area contributed by atoms with Crippen molar-refractivity contribution in [2.75, 3.05) is 19.6 Å². The lowest BCUT2D eigenvalue weighted by Gasteiger charge is -2.38. The lowest BCUT2D eigenvalue weighted by Crippen LogP contribution is -2.46. The zero-order valence-electron chi connectivity index (χ0n) is 17.1. The molecule has 0 spiro atoms. The van der Waals surface area contributed by atoms with Crippen LogP contribution in [0.5, 0.6) is 0 Å². The van der Waals surface area contributed by atoms with Gasteiger partial charge in [0.05, 0.1) is 6.04 Å². The molecular weight excluding hydrogens is 451 g/mol. The van der Waals surface area contributed by atoms with Gasteiger partial charge in [0.25, 0.3) is 5.91 Å². The summed E-state index contributed by atoms with van der Waals surface area (Å²) in [5.74, 6) is -0.246. The normalized spacial score (nSPS) is 15.5. The molecule has 0 fully saturated rings. The largest absolute Gasteiger partial charge is 0.330 e. The summed E-state index contributed by atoms with van der Waals surface area (Å²) in [6.45, 7) is 2.93. The lowest BCUT2D eigenvalue weighted by molar-refractivity contribution is -0.134. The number of thiophene rings is 1. The van der Waals surface area contributed by atoms with Gasteiger partial charge in [-0.3, -0.25) is 9.59 Å². The van der Waals surface area contributed by atoms with Crippen molar-refractivity contribution in [2.24, 2.45) is 0 Å². The summed E-state index contributed by atoms with van der Waals surface area (Å²) >= 11 is 14.3. The van der Waals surface area contributed by atoms with Gasteiger partial charge in [-0.2, -0.15) is 0 Å². The maximum absolute atomic E-state index is 13.5. The monoisotopic (exact) mass is 472 g/mol. The Balaban J connectivity index is 1.63. The number of hydrogen-bond donors (Lipinski definition) is 0. The van der Waals surface area contributed by atoms with Gasteiger partial charge >= 0.3 is 0 Å². The Bertz CT molecular complexity index is 1100. The van der Waals surface area contributed by atoms with E-state index < -0.39 is 0 Å². The first-order valence-corrected chi connectivity index (χ1v) is 11.8. The van der Waals surface area contributed by atoms with Crippen molar-refractivity contribution < 1.29 is 9.59 Å². The quantitative estimate of drug-likeness (QED) is 0.478. The highest BCUT2D eigenvalue weighted by Gasteiger charge is 2.35. The highest BCUT2D eigenvalue weighted by atomic mass is 35.5. The third-order valence-corrected chi connectivity index (χ3v) is 7.12. The van der Waals surface area contributed by atoms with E-state index in [1.165, 1.54) is 4.88 Å². The van der Waals surface area contributed by atoms with Crippen LogP contribution in [-0.2, 0) is 11.2 Å². The number of carbonyl (C=O) groups is 2. The van der Waals surface area contributed by atoms with Crippen LogP contribution in [-0.4, -0.2) is 41.2 Å². The zero-order chi connectivity index (χ0) is 22.0. The summed E-state index contributed by atoms with van der Waals surface area (Å²) < 4.78 is 0. The van der Waals surface area contributed by atoms with Gasteiger partial charge in [0, 0.05) is 33.6 Å². The van der Waals surface area contributed by atoms with E-state index in [2.05, 4.69) is 6.07 Å². The van der Waals surface area contributed by atoms with Crippen LogP contribution < -0.4 is 0 Å². The summed E-state index contributed by atoms with van der Waals surface area (Å²) in [5.41, 5.74) is 2.51. The second-order valence-electron chi connectivity index (χ2n) is 7.39. The van der Waals surface area contributed by atoms with Crippen LogP contribution in [0.25, 0.3) is 0 Å². The lowest BCUT2D eigenvalue weighted by atomic mass is 9.93. The highest BCUT2D eigenvalue weighted by molar-refractivity contribution is 7.10. The zero-order valence-corrected chi connectivity index (χ0v) is 19.4. The minimum absolute atomic E-state index is 0.0193. The van der Waals surface area contributed by atoms with Crippen molar-refractivity contribution in [1.29, 1.82) is 0 Å². The molecule has 4 nitrogen and oxygen atoms in total. The van der Waals surface area contributed by atoms with E-state index in [0.29, 0.717) is 28.7 Å². The average Bonchev–Trinajstić information content (AvgIpc) is 3.26. The van der Waals surface area contributed by atoms with Crippen LogP contribution in [0.15, 0.2) is 60.0 Å². The van der Waals surface area contributed by atoms with Gasteiger partial charge in [-0.05, 0) is 60.2 Å². The number of rotatable bonds is 5. The maximum Gasteiger partial charge on any atom is 0.254 e. The summed E-state index contributed by atoms with van der Waals surface area (Å²) in [6.07, 6.45) is 0.791. The minimum atomic E-state index is -0.294. The number of halogens is 2. The topological polar surface area (TPSA) is 40.6 Å². The summed E-state index contributed by atoms with van der Waals surface area (Å²) in [7, 11) is 0. The van der Waals surface area contributed by atoms with Crippen LogP contribution in [0.3, 0.4) is 0 Å².